The second kappa shape index (κ2) is 17.8. The molecule has 68 heavy (non-hydrogen) atoms. The van der Waals surface area contributed by atoms with Gasteiger partial charge in [-0.15, -0.1) is 0 Å². The summed E-state index contributed by atoms with van der Waals surface area (Å²) in [5.74, 6) is -2.08. The number of halogens is 1. The minimum atomic E-state index is -1.19. The third-order valence-electron chi connectivity index (χ3n) is 13.6. The summed E-state index contributed by atoms with van der Waals surface area (Å²) >= 11 is 0. The maximum atomic E-state index is 13.5. The number of fused-ring (bicyclic) bond motifs is 2. The van der Waals surface area contributed by atoms with Crippen LogP contribution in [0.4, 0.5) is 27.1 Å². The number of nitrogens with zero attached hydrogens (tertiary/aromatic N) is 4. The van der Waals surface area contributed by atoms with Gasteiger partial charge >= 0.3 is 0 Å². The second-order valence-electron chi connectivity index (χ2n) is 17.9. The van der Waals surface area contributed by atoms with Crippen LogP contribution in [0.15, 0.2) is 91.1 Å². The predicted molar refractivity (Wildman–Crippen MR) is 247 cm³/mol. The average Bonchev–Trinajstić information content (AvgIpc) is 4.10. The van der Waals surface area contributed by atoms with Crippen LogP contribution in [0.1, 0.15) is 65.7 Å². The molecular weight excluding hydrogens is 876 g/mol. The van der Waals surface area contributed by atoms with Crippen molar-refractivity contribution in [2.24, 2.45) is 11.3 Å². The number of imide groups is 2. The Balaban J connectivity index is 0.711. The number of carbonyl (C=O) groups excluding carboxylic acids is 7. The van der Waals surface area contributed by atoms with E-state index in [1.165, 1.54) is 30.3 Å². The first-order valence-corrected chi connectivity index (χ1v) is 22.6. The fourth-order valence-corrected chi connectivity index (χ4v) is 9.68. The first-order chi connectivity index (χ1) is 32.9. The van der Waals surface area contributed by atoms with E-state index < -0.39 is 52.7 Å². The van der Waals surface area contributed by atoms with Gasteiger partial charge < -0.3 is 30.3 Å². The lowest BCUT2D eigenvalue weighted by molar-refractivity contribution is -0.136. The zero-order valence-corrected chi connectivity index (χ0v) is 37.0. The summed E-state index contributed by atoms with van der Waals surface area (Å²) in [6.07, 6.45) is 4.63. The smallest absolute Gasteiger partial charge is 0.264 e. The Labute approximate surface area is 389 Å². The fraction of sp³-hybridized carbons (Fsp3) is 0.320. The topological polar surface area (TPSA) is 209 Å². The summed E-state index contributed by atoms with van der Waals surface area (Å²) in [7, 11) is 1.63. The van der Waals surface area contributed by atoms with Crippen LogP contribution in [-0.2, 0) is 24.0 Å². The lowest BCUT2D eigenvalue weighted by Crippen LogP contribution is -2.55. The second-order valence-corrected chi connectivity index (χ2v) is 17.9. The van der Waals surface area contributed by atoms with Crippen molar-refractivity contribution in [2.45, 2.75) is 57.0 Å². The number of carbonyl (C=O) groups is 7. The Bertz CT molecular complexity index is 2890. The van der Waals surface area contributed by atoms with Crippen molar-refractivity contribution in [2.75, 3.05) is 54.1 Å². The quantitative estimate of drug-likeness (QED) is 0.0809. The molecule has 4 N–H and O–H groups in total. The van der Waals surface area contributed by atoms with Crippen molar-refractivity contribution in [3.8, 4) is 17.2 Å². The number of rotatable bonds is 13. The predicted octanol–water partition coefficient (Wildman–Crippen LogP) is 5.86. The van der Waals surface area contributed by atoms with E-state index in [1.54, 1.807) is 55.8 Å². The maximum Gasteiger partial charge on any atom is 0.264 e. The molecule has 1 atom stereocenters. The van der Waals surface area contributed by atoms with Gasteiger partial charge in [-0.05, 0) is 117 Å². The molecule has 1 unspecified atom stereocenters. The summed E-state index contributed by atoms with van der Waals surface area (Å²) in [5, 5.41) is 11.4. The van der Waals surface area contributed by atoms with Crippen molar-refractivity contribution >= 4 is 75.0 Å². The third kappa shape index (κ3) is 8.46. The van der Waals surface area contributed by atoms with Crippen LogP contribution in [0, 0.1) is 17.2 Å². The van der Waals surface area contributed by atoms with E-state index in [2.05, 4.69) is 36.1 Å². The van der Waals surface area contributed by atoms with Crippen LogP contribution in [0.25, 0.3) is 10.9 Å². The van der Waals surface area contributed by atoms with Crippen LogP contribution in [0.3, 0.4) is 0 Å². The molecule has 18 heteroatoms. The van der Waals surface area contributed by atoms with Crippen molar-refractivity contribution in [3.05, 3.63) is 108 Å². The zero-order valence-electron chi connectivity index (χ0n) is 37.0. The van der Waals surface area contributed by atoms with Crippen molar-refractivity contribution in [1.82, 2.24) is 20.1 Å². The molecule has 3 saturated heterocycles. The number of hydrogen-bond acceptors (Lipinski definition) is 12. The molecule has 1 aliphatic carbocycles. The molecule has 0 bridgehead atoms. The number of amides is 7. The number of hydrogen-bond donors (Lipinski definition) is 4. The van der Waals surface area contributed by atoms with E-state index in [0.29, 0.717) is 47.5 Å². The van der Waals surface area contributed by atoms with E-state index in [9.17, 15) is 38.0 Å². The molecule has 10 rings (SSSR count). The largest absolute Gasteiger partial charge is 0.495 e. The van der Waals surface area contributed by atoms with E-state index >= 15 is 0 Å². The zero-order chi connectivity index (χ0) is 47.3. The Morgan fingerprint density at radius 1 is 0.824 bits per heavy atom. The fourth-order valence-electron chi connectivity index (χ4n) is 9.68. The highest BCUT2D eigenvalue weighted by atomic mass is 19.1. The van der Waals surface area contributed by atoms with Gasteiger partial charge in [0, 0.05) is 68.0 Å². The van der Waals surface area contributed by atoms with Gasteiger partial charge in [0.2, 0.25) is 29.5 Å². The minimum Gasteiger partial charge on any atom is -0.495 e. The van der Waals surface area contributed by atoms with Crippen LogP contribution in [0.5, 0.6) is 17.2 Å². The Kier molecular flexibility index (Phi) is 11.6. The number of likely N-dealkylation sites (tertiary alicyclic amines) is 1. The summed E-state index contributed by atoms with van der Waals surface area (Å²) in [5.41, 5.74) is 1.77. The van der Waals surface area contributed by atoms with Gasteiger partial charge in [0.15, 0.2) is 0 Å². The van der Waals surface area contributed by atoms with Gasteiger partial charge in [-0.2, -0.15) is 0 Å². The number of piperidine rings is 2. The molecular formula is C50H47FN8O9. The molecule has 5 heterocycles. The number of anilines is 4. The highest BCUT2D eigenvalue weighted by molar-refractivity contribution is 6.26. The highest BCUT2D eigenvalue weighted by Gasteiger charge is 2.56. The summed E-state index contributed by atoms with van der Waals surface area (Å²) in [6.45, 7) is 3.09. The number of pyridine rings is 1. The van der Waals surface area contributed by atoms with Gasteiger partial charge in [-0.3, -0.25) is 53.7 Å². The number of ether oxygens (including phenoxy) is 2. The monoisotopic (exact) mass is 922 g/mol. The lowest BCUT2D eigenvalue weighted by Gasteiger charge is -2.47. The summed E-state index contributed by atoms with van der Waals surface area (Å²) in [6, 6.07) is 21.9. The molecule has 5 aliphatic rings. The molecule has 0 spiro atoms. The van der Waals surface area contributed by atoms with Gasteiger partial charge in [0.1, 0.15) is 34.5 Å². The van der Waals surface area contributed by atoms with Crippen LogP contribution >= 0.6 is 0 Å². The van der Waals surface area contributed by atoms with Gasteiger partial charge in [0.05, 0.1) is 35.1 Å². The molecule has 4 fully saturated rings. The van der Waals surface area contributed by atoms with Gasteiger partial charge in [0.25, 0.3) is 11.8 Å². The minimum absolute atomic E-state index is 0.0163. The van der Waals surface area contributed by atoms with E-state index in [1.807, 2.05) is 12.1 Å². The molecule has 1 saturated carbocycles. The molecule has 4 aliphatic heterocycles. The Morgan fingerprint density at radius 3 is 2.18 bits per heavy atom. The summed E-state index contributed by atoms with van der Waals surface area (Å²) in [4.78, 5) is 101. The first-order valence-electron chi connectivity index (χ1n) is 22.6. The van der Waals surface area contributed by atoms with E-state index in [-0.39, 0.29) is 47.9 Å². The standard InChI is InChI=1S/C50H47FN8O9/c1-67-41-24-35-37(52-20-15-40(35)68-33-11-9-31(10-12-33)54-49(66)50(18-19-50)48(65)53-30-7-5-29(51)6-8-30)25-39(41)57-21-16-32(17-22-57)58-26-28(27-58)23-43(61)55-36-4-2-3-34-44(36)47(64)59(46(34)63)38-13-14-42(60)56-45(38)62/h2-12,15,20,24-25,28,32,38H,13-14,16-19,21-23,26-27H2,1H3,(H,53,65)(H,54,66)(H,55,61)(H,56,60,62). The first kappa shape index (κ1) is 44.1. The van der Waals surface area contributed by atoms with Gasteiger partial charge in [-0.1, -0.05) is 6.07 Å². The molecule has 1 aromatic heterocycles. The molecule has 17 nitrogen and oxygen atoms in total. The number of methoxy groups -OCH3 is 1. The Morgan fingerprint density at radius 2 is 1.51 bits per heavy atom. The molecule has 7 amide bonds. The van der Waals surface area contributed by atoms with Gasteiger partial charge in [-0.25, -0.2) is 4.39 Å². The van der Waals surface area contributed by atoms with E-state index in [0.717, 1.165) is 60.5 Å². The lowest BCUT2D eigenvalue weighted by atomic mass is 9.90. The summed E-state index contributed by atoms with van der Waals surface area (Å²) < 4.78 is 25.5. The number of aromatic nitrogens is 1. The molecule has 348 valence electrons. The van der Waals surface area contributed by atoms with Crippen molar-refractivity contribution < 1.29 is 47.4 Å². The third-order valence-corrected chi connectivity index (χ3v) is 13.6. The maximum absolute atomic E-state index is 13.5. The Hall–Kier alpha value is -7.73. The molecule has 0 radical (unpaired) electrons. The number of nitrogens with one attached hydrogen (secondary N) is 4. The SMILES string of the molecule is COc1cc2c(Oc3ccc(NC(=O)C4(C(=O)Nc5ccc(F)cc5)CC4)cc3)ccnc2cc1N1CCC(N2CC(CC(=O)Nc3cccc4c3C(=O)N(C3CCC(=O)NC3=O)C4=O)C2)CC1. The molecule has 4 aromatic carbocycles. The molecule has 5 aromatic rings. The highest BCUT2D eigenvalue weighted by Crippen LogP contribution is 2.48. The average molecular weight is 923 g/mol. The normalized spacial score (nSPS) is 19.2. The van der Waals surface area contributed by atoms with Crippen LogP contribution in [-0.4, -0.2) is 102 Å². The van der Waals surface area contributed by atoms with Crippen molar-refractivity contribution in [3.63, 3.8) is 0 Å². The van der Waals surface area contributed by atoms with Crippen molar-refractivity contribution in [1.29, 1.82) is 0 Å². The van der Waals surface area contributed by atoms with Crippen LogP contribution in [0.2, 0.25) is 0 Å². The van der Waals surface area contributed by atoms with Crippen LogP contribution < -0.4 is 35.6 Å². The number of benzene rings is 4. The van der Waals surface area contributed by atoms with E-state index in [4.69, 9.17) is 9.47 Å².